The van der Waals surface area contributed by atoms with Gasteiger partial charge in [0.2, 0.25) is 0 Å². The van der Waals surface area contributed by atoms with Crippen molar-refractivity contribution in [2.45, 2.75) is 18.4 Å². The van der Waals surface area contributed by atoms with E-state index in [4.69, 9.17) is 9.47 Å². The van der Waals surface area contributed by atoms with Crippen LogP contribution in [0.25, 0.3) is 0 Å². The maximum absolute atomic E-state index is 11.8. The number of urea groups is 1. The molecule has 1 aromatic rings. The monoisotopic (exact) mass is 412 g/mol. The highest BCUT2D eigenvalue weighted by Crippen LogP contribution is 2.48. The van der Waals surface area contributed by atoms with E-state index >= 15 is 0 Å². The maximum atomic E-state index is 11.8. The van der Waals surface area contributed by atoms with Crippen LogP contribution in [0.3, 0.4) is 0 Å². The Morgan fingerprint density at radius 1 is 1.15 bits per heavy atom. The van der Waals surface area contributed by atoms with Crippen molar-refractivity contribution >= 4 is 41.4 Å². The van der Waals surface area contributed by atoms with Crippen LogP contribution in [-0.2, 0) is 14.3 Å². The fourth-order valence-corrected chi connectivity index (χ4v) is 5.08. The average molecular weight is 413 g/mol. The van der Waals surface area contributed by atoms with Gasteiger partial charge in [-0.05, 0) is 12.0 Å². The zero-order valence-corrected chi connectivity index (χ0v) is 17.0. The summed E-state index contributed by atoms with van der Waals surface area (Å²) in [6, 6.07) is 6.97. The molecular formula is C18H24N2O5S2. The first kappa shape index (κ1) is 21.4. The first-order valence-corrected chi connectivity index (χ1v) is 10.7. The normalized spacial score (nSPS) is 14.0. The van der Waals surface area contributed by atoms with Gasteiger partial charge in [0.25, 0.3) is 5.91 Å². The van der Waals surface area contributed by atoms with Crippen LogP contribution in [0.1, 0.15) is 24.0 Å². The van der Waals surface area contributed by atoms with Crippen molar-refractivity contribution < 1.29 is 23.9 Å². The van der Waals surface area contributed by atoms with Gasteiger partial charge in [0, 0.05) is 23.6 Å². The first-order valence-electron chi connectivity index (χ1n) is 8.64. The van der Waals surface area contributed by atoms with Crippen molar-refractivity contribution in [3.63, 3.8) is 0 Å². The number of carbonyl (C=O) groups excluding carboxylic acids is 3. The molecule has 9 heteroatoms. The van der Waals surface area contributed by atoms with Gasteiger partial charge < -0.3 is 14.8 Å². The molecule has 0 aromatic heterocycles. The van der Waals surface area contributed by atoms with Crippen molar-refractivity contribution in [1.29, 1.82) is 0 Å². The van der Waals surface area contributed by atoms with E-state index in [0.717, 1.165) is 17.1 Å². The molecule has 27 heavy (non-hydrogen) atoms. The highest BCUT2D eigenvalue weighted by Gasteiger charge is 2.22. The van der Waals surface area contributed by atoms with Crippen molar-refractivity contribution in [2.24, 2.45) is 5.92 Å². The summed E-state index contributed by atoms with van der Waals surface area (Å²) >= 11 is 3.69. The highest BCUT2D eigenvalue weighted by molar-refractivity contribution is 8.19. The molecule has 2 N–H and O–H groups in total. The molecular weight excluding hydrogens is 388 g/mol. The maximum Gasteiger partial charge on any atom is 0.344 e. The highest BCUT2D eigenvalue weighted by atomic mass is 32.2. The van der Waals surface area contributed by atoms with Crippen LogP contribution in [0.4, 0.5) is 4.79 Å². The number of para-hydroxylation sites is 1. The van der Waals surface area contributed by atoms with Gasteiger partial charge in [-0.2, -0.15) is 0 Å². The Hall–Kier alpha value is -1.87. The van der Waals surface area contributed by atoms with Crippen LogP contribution in [0.2, 0.25) is 0 Å². The third-order valence-electron chi connectivity index (χ3n) is 3.43. The summed E-state index contributed by atoms with van der Waals surface area (Å²) in [4.78, 5) is 34.9. The SMILES string of the molecule is CC(C)CNC(=O)NC(=O)COC(=O)COc1ccccc1C1SCCS1. The topological polar surface area (TPSA) is 93.7 Å². The van der Waals surface area contributed by atoms with Crippen molar-refractivity contribution in [3.05, 3.63) is 29.8 Å². The van der Waals surface area contributed by atoms with Gasteiger partial charge in [-0.25, -0.2) is 9.59 Å². The Bertz CT molecular complexity index is 663. The molecule has 0 radical (unpaired) electrons. The summed E-state index contributed by atoms with van der Waals surface area (Å²) in [5, 5.41) is 4.64. The van der Waals surface area contributed by atoms with Crippen molar-refractivity contribution in [1.82, 2.24) is 10.6 Å². The van der Waals surface area contributed by atoms with E-state index in [2.05, 4.69) is 10.6 Å². The largest absolute Gasteiger partial charge is 0.482 e. The third-order valence-corrected chi connectivity index (χ3v) is 6.50. The lowest BCUT2D eigenvalue weighted by Crippen LogP contribution is -2.42. The van der Waals surface area contributed by atoms with Crippen LogP contribution in [-0.4, -0.2) is 49.2 Å². The number of amides is 3. The van der Waals surface area contributed by atoms with Crippen molar-refractivity contribution in [2.75, 3.05) is 31.3 Å². The van der Waals surface area contributed by atoms with E-state index in [1.54, 1.807) is 0 Å². The Kier molecular flexibility index (Phi) is 8.80. The zero-order valence-electron chi connectivity index (χ0n) is 15.4. The molecule has 148 valence electrons. The molecule has 0 spiro atoms. The minimum atomic E-state index is -0.691. The number of hydrogen-bond acceptors (Lipinski definition) is 7. The van der Waals surface area contributed by atoms with E-state index < -0.39 is 24.5 Å². The number of carbonyl (C=O) groups is 3. The lowest BCUT2D eigenvalue weighted by atomic mass is 10.2. The molecule has 0 saturated carbocycles. The molecule has 7 nitrogen and oxygen atoms in total. The number of benzene rings is 1. The number of hydrogen-bond donors (Lipinski definition) is 2. The van der Waals surface area contributed by atoms with Gasteiger partial charge in [-0.15, -0.1) is 23.5 Å². The van der Waals surface area contributed by atoms with Crippen LogP contribution < -0.4 is 15.4 Å². The Balaban J connectivity index is 1.72. The molecule has 1 saturated heterocycles. The second-order valence-electron chi connectivity index (χ2n) is 6.21. The second-order valence-corrected chi connectivity index (χ2v) is 8.94. The molecule has 0 atom stereocenters. The molecule has 1 aliphatic rings. The van der Waals surface area contributed by atoms with Gasteiger partial charge in [0.15, 0.2) is 13.2 Å². The number of rotatable bonds is 8. The predicted octanol–water partition coefficient (Wildman–Crippen LogP) is 2.57. The summed E-state index contributed by atoms with van der Waals surface area (Å²) in [5.74, 6) is 1.72. The van der Waals surface area contributed by atoms with Crippen LogP contribution in [0.15, 0.2) is 24.3 Å². The smallest absolute Gasteiger partial charge is 0.344 e. The minimum Gasteiger partial charge on any atom is -0.482 e. The Morgan fingerprint density at radius 3 is 2.56 bits per heavy atom. The van der Waals surface area contributed by atoms with Gasteiger partial charge in [0.05, 0.1) is 4.58 Å². The standard InChI is InChI=1S/C18H24N2O5S2/c1-12(2)9-19-18(23)20-15(21)10-25-16(22)11-24-14-6-4-3-5-13(14)17-26-7-8-27-17/h3-6,12,17H,7-11H2,1-2H3,(H2,19,20,21,23). The van der Waals surface area contributed by atoms with E-state index in [1.807, 2.05) is 61.6 Å². The molecule has 1 aromatic carbocycles. The average Bonchev–Trinajstić information content (AvgIpc) is 3.18. The quantitative estimate of drug-likeness (QED) is 0.634. The lowest BCUT2D eigenvalue weighted by Gasteiger charge is -2.14. The first-order chi connectivity index (χ1) is 13.0. The molecule has 0 aliphatic carbocycles. The second kappa shape index (κ2) is 11.1. The summed E-state index contributed by atoms with van der Waals surface area (Å²) in [7, 11) is 0. The zero-order chi connectivity index (χ0) is 19.6. The molecule has 0 unspecified atom stereocenters. The van der Waals surface area contributed by atoms with Crippen molar-refractivity contribution in [3.8, 4) is 5.75 Å². The van der Waals surface area contributed by atoms with E-state index in [1.165, 1.54) is 0 Å². The van der Waals surface area contributed by atoms with E-state index in [0.29, 0.717) is 16.9 Å². The number of nitrogens with one attached hydrogen (secondary N) is 2. The third kappa shape index (κ3) is 7.72. The fraction of sp³-hybridized carbons (Fsp3) is 0.500. The summed E-state index contributed by atoms with van der Waals surface area (Å²) in [6.07, 6.45) is 0. The van der Waals surface area contributed by atoms with Gasteiger partial charge in [0.1, 0.15) is 5.75 Å². The fourth-order valence-electron chi connectivity index (χ4n) is 2.17. The van der Waals surface area contributed by atoms with Crippen LogP contribution >= 0.6 is 23.5 Å². The molecule has 1 fully saturated rings. The molecule has 1 heterocycles. The molecule has 0 bridgehead atoms. The molecule has 3 amide bonds. The number of ether oxygens (including phenoxy) is 2. The van der Waals surface area contributed by atoms with Crippen LogP contribution in [0.5, 0.6) is 5.75 Å². The molecule has 1 aliphatic heterocycles. The molecule has 2 rings (SSSR count). The number of esters is 1. The number of thioether (sulfide) groups is 2. The summed E-state index contributed by atoms with van der Waals surface area (Å²) in [6.45, 7) is 3.49. The Morgan fingerprint density at radius 2 is 1.85 bits per heavy atom. The van der Waals surface area contributed by atoms with E-state index in [-0.39, 0.29) is 12.5 Å². The van der Waals surface area contributed by atoms with Gasteiger partial charge >= 0.3 is 12.0 Å². The predicted molar refractivity (Wildman–Crippen MR) is 107 cm³/mol. The Labute approximate surface area is 167 Å². The summed E-state index contributed by atoms with van der Waals surface area (Å²) in [5.41, 5.74) is 1.04. The van der Waals surface area contributed by atoms with Gasteiger partial charge in [-0.3, -0.25) is 10.1 Å². The number of imide groups is 1. The van der Waals surface area contributed by atoms with E-state index in [9.17, 15) is 14.4 Å². The minimum absolute atomic E-state index is 0.268. The van der Waals surface area contributed by atoms with Gasteiger partial charge in [-0.1, -0.05) is 32.0 Å². The summed E-state index contributed by atoms with van der Waals surface area (Å²) < 4.78 is 10.7. The van der Waals surface area contributed by atoms with Crippen LogP contribution in [0, 0.1) is 5.92 Å². The lowest BCUT2D eigenvalue weighted by molar-refractivity contribution is -0.150.